The van der Waals surface area contributed by atoms with Gasteiger partial charge in [0.15, 0.2) is 6.61 Å². The van der Waals surface area contributed by atoms with Gasteiger partial charge >= 0.3 is 5.97 Å². The van der Waals surface area contributed by atoms with E-state index in [9.17, 15) is 24.5 Å². The molecule has 0 saturated heterocycles. The van der Waals surface area contributed by atoms with E-state index in [2.05, 4.69) is 15.8 Å². The lowest BCUT2D eigenvalue weighted by Crippen LogP contribution is -2.32. The molecule has 0 unspecified atom stereocenters. The number of carbonyl (C=O) groups excluding carboxylic acids is 2. The summed E-state index contributed by atoms with van der Waals surface area (Å²) in [6, 6.07) is 20.1. The number of nitrogens with zero attached hydrogens (tertiary/aromatic N) is 2. The fraction of sp³-hybridized carbons (Fsp3) is 0.0400. The molecule has 3 aromatic carbocycles. The maximum atomic E-state index is 12.9. The molecule has 0 spiro atoms. The van der Waals surface area contributed by atoms with Gasteiger partial charge in [-0.3, -0.25) is 19.7 Å². The summed E-state index contributed by atoms with van der Waals surface area (Å²) in [5.41, 5.74) is 3.16. The molecule has 0 heterocycles. The van der Waals surface area contributed by atoms with Crippen molar-refractivity contribution in [1.29, 1.82) is 0 Å². The number of benzene rings is 3. The first-order valence-electron chi connectivity index (χ1n) is 10.4. The van der Waals surface area contributed by atoms with Crippen molar-refractivity contribution >= 4 is 35.8 Å². The molecular formula is C25H20N4O7. The van der Waals surface area contributed by atoms with E-state index >= 15 is 0 Å². The molecule has 0 atom stereocenters. The van der Waals surface area contributed by atoms with Gasteiger partial charge < -0.3 is 15.2 Å². The van der Waals surface area contributed by atoms with E-state index in [0.717, 1.165) is 0 Å². The number of amides is 2. The summed E-state index contributed by atoms with van der Waals surface area (Å²) < 4.78 is 5.19. The molecule has 3 rings (SSSR count). The number of para-hydroxylation sites is 1. The quantitative estimate of drug-likeness (QED) is 0.171. The van der Waals surface area contributed by atoms with Crippen LogP contribution in [0.15, 0.2) is 89.7 Å². The number of non-ortho nitro benzene ring substituents is 1. The van der Waals surface area contributed by atoms with Gasteiger partial charge in [0.05, 0.1) is 11.1 Å². The standard InChI is InChI=1S/C25H20N4O7/c30-23(31)16-36-22-9-5-4-8-19(22)15-26-28-25(33)21(27-24(32)18-6-2-1-3-7-18)14-17-10-12-20(13-11-17)29(34)35/h1-15H,16H2,(H,27,32)(H,28,33)(H,30,31). The SMILES string of the molecule is O=C(O)COc1ccccc1C=NNC(=O)C(=Cc1ccc([N+](=O)[O-])cc1)NC(=O)c1ccccc1. The van der Waals surface area contributed by atoms with Crippen LogP contribution in [0.4, 0.5) is 5.69 Å². The molecule has 0 aliphatic heterocycles. The van der Waals surface area contributed by atoms with E-state index in [0.29, 0.717) is 16.7 Å². The smallest absolute Gasteiger partial charge is 0.341 e. The van der Waals surface area contributed by atoms with Crippen LogP contribution >= 0.6 is 0 Å². The van der Waals surface area contributed by atoms with Crippen LogP contribution in [0.1, 0.15) is 21.5 Å². The minimum atomic E-state index is -1.15. The van der Waals surface area contributed by atoms with Crippen molar-refractivity contribution in [2.45, 2.75) is 0 Å². The molecule has 36 heavy (non-hydrogen) atoms. The number of hydrogen-bond acceptors (Lipinski definition) is 7. The van der Waals surface area contributed by atoms with Crippen molar-refractivity contribution in [1.82, 2.24) is 10.7 Å². The number of nitro groups is 1. The predicted octanol–water partition coefficient (Wildman–Crippen LogP) is 2.98. The van der Waals surface area contributed by atoms with E-state index in [1.165, 1.54) is 36.6 Å². The summed E-state index contributed by atoms with van der Waals surface area (Å²) >= 11 is 0. The Bertz CT molecular complexity index is 1320. The van der Waals surface area contributed by atoms with Gasteiger partial charge in [0.2, 0.25) is 0 Å². The number of nitrogens with one attached hydrogen (secondary N) is 2. The van der Waals surface area contributed by atoms with Crippen molar-refractivity contribution < 1.29 is 29.2 Å². The number of carboxylic acids is 1. The second-order valence-corrected chi connectivity index (χ2v) is 7.15. The average Bonchev–Trinajstić information content (AvgIpc) is 2.88. The van der Waals surface area contributed by atoms with Crippen molar-refractivity contribution in [2.75, 3.05) is 6.61 Å². The Labute approximate surface area is 204 Å². The van der Waals surface area contributed by atoms with Gasteiger partial charge in [0, 0.05) is 23.3 Å². The van der Waals surface area contributed by atoms with Gasteiger partial charge in [-0.1, -0.05) is 30.3 Å². The Morgan fingerprint density at radius 2 is 1.64 bits per heavy atom. The van der Waals surface area contributed by atoms with E-state index < -0.39 is 29.3 Å². The fourth-order valence-electron chi connectivity index (χ4n) is 2.88. The zero-order chi connectivity index (χ0) is 25.9. The molecular weight excluding hydrogens is 468 g/mol. The lowest BCUT2D eigenvalue weighted by molar-refractivity contribution is -0.384. The third-order valence-electron chi connectivity index (χ3n) is 4.58. The molecule has 0 radical (unpaired) electrons. The second kappa shape index (κ2) is 12.2. The Balaban J connectivity index is 1.81. The fourth-order valence-corrected chi connectivity index (χ4v) is 2.88. The minimum absolute atomic E-state index is 0.125. The van der Waals surface area contributed by atoms with Crippen LogP contribution in [0.2, 0.25) is 0 Å². The number of carbonyl (C=O) groups is 3. The summed E-state index contributed by atoms with van der Waals surface area (Å²) in [6.07, 6.45) is 2.61. The summed E-state index contributed by atoms with van der Waals surface area (Å²) in [6.45, 7) is -0.551. The van der Waals surface area contributed by atoms with E-state index in [4.69, 9.17) is 9.84 Å². The molecule has 0 aliphatic carbocycles. The molecule has 0 fully saturated rings. The number of aliphatic carboxylic acids is 1. The Hall–Kier alpha value is -5.32. The number of carboxylic acid groups (broad SMARTS) is 1. The van der Waals surface area contributed by atoms with Gasteiger partial charge in [-0.15, -0.1) is 0 Å². The molecule has 182 valence electrons. The van der Waals surface area contributed by atoms with Crippen LogP contribution in [0.5, 0.6) is 5.75 Å². The first kappa shape index (κ1) is 25.3. The summed E-state index contributed by atoms with van der Waals surface area (Å²) in [4.78, 5) is 46.6. The number of ether oxygens (including phenoxy) is 1. The van der Waals surface area contributed by atoms with Crippen LogP contribution in [0, 0.1) is 10.1 Å². The van der Waals surface area contributed by atoms with E-state index in [-0.39, 0.29) is 17.1 Å². The largest absolute Gasteiger partial charge is 0.481 e. The van der Waals surface area contributed by atoms with E-state index in [1.807, 2.05) is 0 Å². The van der Waals surface area contributed by atoms with Crippen LogP contribution in [-0.2, 0) is 9.59 Å². The minimum Gasteiger partial charge on any atom is -0.481 e. The maximum Gasteiger partial charge on any atom is 0.341 e. The zero-order valence-electron chi connectivity index (χ0n) is 18.7. The summed E-state index contributed by atoms with van der Waals surface area (Å²) in [7, 11) is 0. The number of rotatable bonds is 10. The van der Waals surface area contributed by atoms with Gasteiger partial charge in [0.25, 0.3) is 17.5 Å². The third-order valence-corrected chi connectivity index (χ3v) is 4.58. The molecule has 11 heteroatoms. The van der Waals surface area contributed by atoms with Gasteiger partial charge in [-0.2, -0.15) is 5.10 Å². The molecule has 11 nitrogen and oxygen atoms in total. The normalized spacial score (nSPS) is 11.1. The Kier molecular flexibility index (Phi) is 8.60. The number of hydrazone groups is 1. The number of hydrogen-bond donors (Lipinski definition) is 3. The summed E-state index contributed by atoms with van der Waals surface area (Å²) in [5.74, 6) is -2.21. The number of nitro benzene ring substituents is 1. The third kappa shape index (κ3) is 7.35. The molecule has 0 aromatic heterocycles. The zero-order valence-corrected chi connectivity index (χ0v) is 18.7. The van der Waals surface area contributed by atoms with Crippen molar-refractivity contribution in [2.24, 2.45) is 5.10 Å². The highest BCUT2D eigenvalue weighted by molar-refractivity contribution is 6.05. The molecule has 0 aliphatic rings. The molecule has 2 amide bonds. The van der Waals surface area contributed by atoms with Gasteiger partial charge in [-0.25, -0.2) is 10.2 Å². The molecule has 0 bridgehead atoms. The van der Waals surface area contributed by atoms with Crippen molar-refractivity contribution in [3.63, 3.8) is 0 Å². The van der Waals surface area contributed by atoms with Crippen molar-refractivity contribution in [3.05, 3.63) is 111 Å². The van der Waals surface area contributed by atoms with Crippen molar-refractivity contribution in [3.8, 4) is 5.75 Å². The predicted molar refractivity (Wildman–Crippen MR) is 130 cm³/mol. The van der Waals surface area contributed by atoms with E-state index in [1.54, 1.807) is 54.6 Å². The maximum absolute atomic E-state index is 12.9. The Morgan fingerprint density at radius 1 is 0.972 bits per heavy atom. The van der Waals surface area contributed by atoms with Gasteiger partial charge in [0.1, 0.15) is 11.4 Å². The molecule has 0 saturated carbocycles. The lowest BCUT2D eigenvalue weighted by atomic mass is 10.1. The monoisotopic (exact) mass is 488 g/mol. The van der Waals surface area contributed by atoms with Crippen LogP contribution in [0.25, 0.3) is 6.08 Å². The lowest BCUT2D eigenvalue weighted by Gasteiger charge is -2.09. The topological polar surface area (TPSA) is 160 Å². The molecule has 3 aromatic rings. The highest BCUT2D eigenvalue weighted by Crippen LogP contribution is 2.16. The highest BCUT2D eigenvalue weighted by atomic mass is 16.6. The second-order valence-electron chi connectivity index (χ2n) is 7.15. The van der Waals surface area contributed by atoms with Crippen LogP contribution in [0.3, 0.4) is 0 Å². The highest BCUT2D eigenvalue weighted by Gasteiger charge is 2.15. The Morgan fingerprint density at radius 3 is 2.31 bits per heavy atom. The van der Waals surface area contributed by atoms with Crippen LogP contribution in [-0.4, -0.2) is 40.6 Å². The van der Waals surface area contributed by atoms with Crippen LogP contribution < -0.4 is 15.5 Å². The molecule has 3 N–H and O–H groups in total. The summed E-state index contributed by atoms with van der Waals surface area (Å²) in [5, 5.41) is 26.1. The average molecular weight is 488 g/mol. The van der Waals surface area contributed by atoms with Gasteiger partial charge in [-0.05, 0) is 48.0 Å². The first-order chi connectivity index (χ1) is 17.3. The first-order valence-corrected chi connectivity index (χ1v) is 10.4.